The van der Waals surface area contributed by atoms with E-state index < -0.39 is 12.2 Å². The third kappa shape index (κ3) is 3.69. The van der Waals surface area contributed by atoms with Crippen LogP contribution in [0.25, 0.3) is 0 Å². The molecule has 0 bridgehead atoms. The summed E-state index contributed by atoms with van der Waals surface area (Å²) in [7, 11) is 3.11. The molecule has 22 heavy (non-hydrogen) atoms. The molecule has 2 rings (SSSR count). The highest BCUT2D eigenvalue weighted by Crippen LogP contribution is 2.30. The highest BCUT2D eigenvalue weighted by Gasteiger charge is 2.23. The van der Waals surface area contributed by atoms with Gasteiger partial charge >= 0.3 is 0 Å². The van der Waals surface area contributed by atoms with Crippen LogP contribution in [0.1, 0.15) is 11.7 Å². The predicted octanol–water partition coefficient (Wildman–Crippen LogP) is 2.18. The second-order valence-corrected chi connectivity index (χ2v) is 4.71. The zero-order valence-corrected chi connectivity index (χ0v) is 12.6. The van der Waals surface area contributed by atoms with Gasteiger partial charge in [-0.3, -0.25) is 0 Å². The molecule has 0 aromatic heterocycles. The fraction of sp³-hybridized carbons (Fsp3) is 0.294. The number of benzene rings is 2. The van der Waals surface area contributed by atoms with Crippen LogP contribution in [0.2, 0.25) is 0 Å². The number of aliphatic hydroxyl groups excluding tert-OH is 2. The van der Waals surface area contributed by atoms with Gasteiger partial charge in [0.2, 0.25) is 0 Å². The van der Waals surface area contributed by atoms with Gasteiger partial charge < -0.3 is 24.4 Å². The summed E-state index contributed by atoms with van der Waals surface area (Å²) in [6.45, 7) is -0.328. The number of ether oxygens (including phenoxy) is 3. The van der Waals surface area contributed by atoms with Crippen molar-refractivity contribution in [3.8, 4) is 17.2 Å². The Morgan fingerprint density at radius 1 is 0.909 bits per heavy atom. The number of aliphatic hydroxyl groups is 2. The number of hydrogen-bond acceptors (Lipinski definition) is 5. The van der Waals surface area contributed by atoms with Crippen LogP contribution >= 0.6 is 0 Å². The Morgan fingerprint density at radius 3 is 2.09 bits per heavy atom. The third-order valence-corrected chi connectivity index (χ3v) is 3.34. The first-order valence-corrected chi connectivity index (χ1v) is 6.92. The van der Waals surface area contributed by atoms with E-state index in [1.807, 2.05) is 6.07 Å². The maximum absolute atomic E-state index is 10.4. The van der Waals surface area contributed by atoms with Crippen LogP contribution in [0.4, 0.5) is 0 Å². The highest BCUT2D eigenvalue weighted by molar-refractivity contribution is 5.39. The molecule has 5 nitrogen and oxygen atoms in total. The standard InChI is InChI=1S/C17H20O5/c1-20-13-9-7-12(8-10-13)17(19)16(11-18)22-15-6-4-3-5-14(15)21-2/h3-10,16-19H,11H2,1-2H3/t16-,17-/m0/s1. The van der Waals surface area contributed by atoms with Crippen LogP contribution in [0, 0.1) is 0 Å². The number of hydrogen-bond donors (Lipinski definition) is 2. The molecule has 0 amide bonds. The summed E-state index contributed by atoms with van der Waals surface area (Å²) >= 11 is 0. The van der Waals surface area contributed by atoms with Gasteiger partial charge in [0.1, 0.15) is 11.9 Å². The molecule has 5 heteroatoms. The predicted molar refractivity (Wildman–Crippen MR) is 82.4 cm³/mol. The van der Waals surface area contributed by atoms with Gasteiger partial charge in [-0.25, -0.2) is 0 Å². The van der Waals surface area contributed by atoms with Crippen molar-refractivity contribution in [2.24, 2.45) is 0 Å². The van der Waals surface area contributed by atoms with Crippen LogP contribution in [-0.2, 0) is 0 Å². The van der Waals surface area contributed by atoms with Crippen LogP contribution in [0.15, 0.2) is 48.5 Å². The monoisotopic (exact) mass is 304 g/mol. The average molecular weight is 304 g/mol. The molecule has 0 aliphatic carbocycles. The van der Waals surface area contributed by atoms with Gasteiger partial charge in [0.05, 0.1) is 20.8 Å². The van der Waals surface area contributed by atoms with E-state index in [4.69, 9.17) is 14.2 Å². The lowest BCUT2D eigenvalue weighted by Gasteiger charge is -2.23. The maximum Gasteiger partial charge on any atom is 0.161 e. The topological polar surface area (TPSA) is 68.2 Å². The molecular formula is C17H20O5. The summed E-state index contributed by atoms with van der Waals surface area (Å²) in [5.74, 6) is 1.71. The molecular weight excluding hydrogens is 284 g/mol. The molecule has 0 spiro atoms. The maximum atomic E-state index is 10.4. The molecule has 0 heterocycles. The zero-order chi connectivity index (χ0) is 15.9. The fourth-order valence-corrected chi connectivity index (χ4v) is 2.10. The lowest BCUT2D eigenvalue weighted by Crippen LogP contribution is -2.29. The lowest BCUT2D eigenvalue weighted by molar-refractivity contribution is -0.000422. The highest BCUT2D eigenvalue weighted by atomic mass is 16.5. The Morgan fingerprint density at radius 2 is 1.55 bits per heavy atom. The van der Waals surface area contributed by atoms with Crippen molar-refractivity contribution in [2.75, 3.05) is 20.8 Å². The summed E-state index contributed by atoms with van der Waals surface area (Å²) in [6.07, 6.45) is -1.77. The molecule has 2 N–H and O–H groups in total. The Balaban J connectivity index is 2.15. The largest absolute Gasteiger partial charge is 0.497 e. The minimum absolute atomic E-state index is 0.328. The van der Waals surface area contributed by atoms with E-state index in [0.717, 1.165) is 0 Å². The molecule has 2 atom stereocenters. The zero-order valence-electron chi connectivity index (χ0n) is 12.6. The van der Waals surface area contributed by atoms with Crippen LogP contribution in [0.3, 0.4) is 0 Å². The van der Waals surface area contributed by atoms with Gasteiger partial charge in [-0.05, 0) is 29.8 Å². The molecule has 118 valence electrons. The normalized spacial score (nSPS) is 13.3. The molecule has 0 aliphatic rings. The number of rotatable bonds is 7. The van der Waals surface area contributed by atoms with E-state index in [2.05, 4.69) is 0 Å². The lowest BCUT2D eigenvalue weighted by atomic mass is 10.0. The first kappa shape index (κ1) is 16.1. The van der Waals surface area contributed by atoms with Gasteiger partial charge in [-0.1, -0.05) is 24.3 Å². The Kier molecular flexibility index (Phi) is 5.63. The van der Waals surface area contributed by atoms with E-state index in [9.17, 15) is 10.2 Å². The van der Waals surface area contributed by atoms with E-state index >= 15 is 0 Å². The van der Waals surface area contributed by atoms with Crippen molar-refractivity contribution in [1.82, 2.24) is 0 Å². The SMILES string of the molecule is COc1ccc([C@H](O)[C@H](CO)Oc2ccccc2OC)cc1. The van der Waals surface area contributed by atoms with Gasteiger partial charge in [-0.2, -0.15) is 0 Å². The second kappa shape index (κ2) is 7.68. The Hall–Kier alpha value is -2.24. The smallest absolute Gasteiger partial charge is 0.161 e. The van der Waals surface area contributed by atoms with Gasteiger partial charge in [-0.15, -0.1) is 0 Å². The van der Waals surface area contributed by atoms with Crippen molar-refractivity contribution in [3.05, 3.63) is 54.1 Å². The summed E-state index contributed by atoms with van der Waals surface area (Å²) in [6, 6.07) is 14.1. The van der Waals surface area contributed by atoms with Gasteiger partial charge in [0.15, 0.2) is 17.6 Å². The van der Waals surface area contributed by atoms with Crippen LogP contribution in [-0.4, -0.2) is 37.1 Å². The van der Waals surface area contributed by atoms with Crippen molar-refractivity contribution in [2.45, 2.75) is 12.2 Å². The van der Waals surface area contributed by atoms with Crippen LogP contribution in [0.5, 0.6) is 17.2 Å². The summed E-state index contributed by atoms with van der Waals surface area (Å²) in [5, 5.41) is 19.9. The Bertz CT molecular complexity index is 582. The minimum atomic E-state index is -0.971. The molecule has 0 saturated heterocycles. The molecule has 0 fully saturated rings. The number of para-hydroxylation sites is 2. The first-order valence-electron chi connectivity index (χ1n) is 6.92. The summed E-state index contributed by atoms with van der Waals surface area (Å²) < 4.78 is 16.0. The van der Waals surface area contributed by atoms with Gasteiger partial charge in [0.25, 0.3) is 0 Å². The van der Waals surface area contributed by atoms with Crippen molar-refractivity contribution in [3.63, 3.8) is 0 Å². The number of methoxy groups -OCH3 is 2. The van der Waals surface area contributed by atoms with E-state index in [-0.39, 0.29) is 6.61 Å². The molecule has 0 aliphatic heterocycles. The molecule has 0 saturated carbocycles. The summed E-state index contributed by atoms with van der Waals surface area (Å²) in [4.78, 5) is 0. The fourth-order valence-electron chi connectivity index (χ4n) is 2.10. The van der Waals surface area contributed by atoms with E-state index in [1.54, 1.807) is 49.6 Å². The average Bonchev–Trinajstić information content (AvgIpc) is 2.59. The Labute approximate surface area is 129 Å². The molecule has 2 aromatic carbocycles. The van der Waals surface area contributed by atoms with Crippen molar-refractivity contribution >= 4 is 0 Å². The van der Waals surface area contributed by atoms with E-state index in [0.29, 0.717) is 22.8 Å². The molecule has 0 radical (unpaired) electrons. The summed E-state index contributed by atoms with van der Waals surface area (Å²) in [5.41, 5.74) is 0.634. The first-order chi connectivity index (χ1) is 10.7. The molecule has 0 unspecified atom stereocenters. The third-order valence-electron chi connectivity index (χ3n) is 3.34. The molecule has 2 aromatic rings. The van der Waals surface area contributed by atoms with E-state index in [1.165, 1.54) is 7.11 Å². The van der Waals surface area contributed by atoms with Crippen molar-refractivity contribution in [1.29, 1.82) is 0 Å². The quantitative estimate of drug-likeness (QED) is 0.820. The second-order valence-electron chi connectivity index (χ2n) is 4.71. The van der Waals surface area contributed by atoms with Crippen LogP contribution < -0.4 is 14.2 Å². The minimum Gasteiger partial charge on any atom is -0.497 e. The van der Waals surface area contributed by atoms with Gasteiger partial charge in [0, 0.05) is 0 Å². The van der Waals surface area contributed by atoms with Crippen molar-refractivity contribution < 1.29 is 24.4 Å².